The molecule has 0 aromatic carbocycles. The summed E-state index contributed by atoms with van der Waals surface area (Å²) >= 11 is 3.25. The topological polar surface area (TPSA) is 54.9 Å². The number of nitrogens with one attached hydrogen (secondary N) is 1. The zero-order valence-corrected chi connectivity index (χ0v) is 13.9. The summed E-state index contributed by atoms with van der Waals surface area (Å²) in [4.78, 5) is 12.2. The second-order valence-electron chi connectivity index (χ2n) is 5.36. The predicted octanol–water partition coefficient (Wildman–Crippen LogP) is 4.20. The maximum atomic E-state index is 12.2. The van der Waals surface area contributed by atoms with E-state index in [1.165, 1.54) is 24.2 Å². The number of carbonyl (C=O) groups excluding carboxylic acids is 1. The molecular weight excluding hydrogens is 290 g/mol. The molecule has 0 aliphatic heterocycles. The zero-order valence-electron chi connectivity index (χ0n) is 12.2. The smallest absolute Gasteiger partial charge is 0.229 e. The van der Waals surface area contributed by atoms with Crippen molar-refractivity contribution in [2.75, 3.05) is 11.1 Å². The number of rotatable bonds is 9. The molecule has 1 aromatic heterocycles. The Bertz CT molecular complexity index is 432. The molecule has 1 aromatic rings. The van der Waals surface area contributed by atoms with Crippen LogP contribution in [0, 0.1) is 11.8 Å². The van der Waals surface area contributed by atoms with Crippen molar-refractivity contribution in [3.8, 4) is 0 Å². The molecule has 1 aliphatic rings. The van der Waals surface area contributed by atoms with Gasteiger partial charge in [-0.3, -0.25) is 4.79 Å². The van der Waals surface area contributed by atoms with Crippen LogP contribution in [-0.2, 0) is 4.79 Å². The molecule has 0 radical (unpaired) electrons. The van der Waals surface area contributed by atoms with Gasteiger partial charge in [-0.25, -0.2) is 0 Å². The molecule has 1 atom stereocenters. The Morgan fingerprint density at radius 3 is 2.90 bits per heavy atom. The van der Waals surface area contributed by atoms with E-state index in [-0.39, 0.29) is 11.8 Å². The molecule has 2 rings (SSSR count). The normalized spacial score (nSPS) is 16.1. The molecular formula is C14H23N3OS2. The van der Waals surface area contributed by atoms with Crippen molar-refractivity contribution in [3.63, 3.8) is 0 Å². The summed E-state index contributed by atoms with van der Waals surface area (Å²) in [5.74, 6) is 2.20. The van der Waals surface area contributed by atoms with Crippen molar-refractivity contribution >= 4 is 34.1 Å². The molecule has 1 unspecified atom stereocenters. The van der Waals surface area contributed by atoms with E-state index >= 15 is 0 Å². The lowest BCUT2D eigenvalue weighted by molar-refractivity contribution is -0.120. The first kappa shape index (κ1) is 15.8. The maximum Gasteiger partial charge on any atom is 0.229 e. The molecule has 112 valence electrons. The number of hydrogen-bond acceptors (Lipinski definition) is 5. The van der Waals surface area contributed by atoms with Crippen LogP contribution in [0.2, 0.25) is 0 Å². The van der Waals surface area contributed by atoms with Gasteiger partial charge in [0.1, 0.15) is 0 Å². The SMILES string of the molecule is CCCCC(CC)C(=O)Nc1nnc(SCC2CC2)s1. The summed E-state index contributed by atoms with van der Waals surface area (Å²) in [5, 5.41) is 11.8. The average Bonchev–Trinajstić information content (AvgIpc) is 3.17. The van der Waals surface area contributed by atoms with E-state index in [0.29, 0.717) is 5.13 Å². The lowest BCUT2D eigenvalue weighted by Crippen LogP contribution is -2.22. The Kier molecular flexibility index (Phi) is 6.29. The number of carbonyl (C=O) groups is 1. The summed E-state index contributed by atoms with van der Waals surface area (Å²) in [6, 6.07) is 0. The molecule has 1 N–H and O–H groups in total. The van der Waals surface area contributed by atoms with E-state index in [1.54, 1.807) is 11.8 Å². The Morgan fingerprint density at radius 2 is 2.25 bits per heavy atom. The van der Waals surface area contributed by atoms with Crippen LogP contribution in [0.15, 0.2) is 4.34 Å². The standard InChI is InChI=1S/C14H23N3OS2/c1-3-5-6-11(4-2)12(18)15-13-16-17-14(20-13)19-9-10-7-8-10/h10-11H,3-9H2,1-2H3,(H,15,16,18). The van der Waals surface area contributed by atoms with Crippen LogP contribution in [0.3, 0.4) is 0 Å². The van der Waals surface area contributed by atoms with Crippen LogP contribution < -0.4 is 5.32 Å². The number of thioether (sulfide) groups is 1. The second-order valence-corrected chi connectivity index (χ2v) is 7.61. The minimum absolute atomic E-state index is 0.0934. The maximum absolute atomic E-state index is 12.2. The van der Waals surface area contributed by atoms with Gasteiger partial charge in [0.15, 0.2) is 4.34 Å². The Labute approximate surface area is 129 Å². The Hall–Kier alpha value is -0.620. The number of aromatic nitrogens is 2. The fourth-order valence-electron chi connectivity index (χ4n) is 1.97. The largest absolute Gasteiger partial charge is 0.300 e. The predicted molar refractivity (Wildman–Crippen MR) is 85.3 cm³/mol. The van der Waals surface area contributed by atoms with Gasteiger partial charge in [0, 0.05) is 11.7 Å². The Balaban J connectivity index is 1.79. The molecule has 1 saturated carbocycles. The van der Waals surface area contributed by atoms with Crippen molar-refractivity contribution in [2.45, 2.75) is 56.7 Å². The second kappa shape index (κ2) is 7.98. The van der Waals surface area contributed by atoms with E-state index in [9.17, 15) is 4.79 Å². The molecule has 1 fully saturated rings. The molecule has 1 amide bonds. The third-order valence-corrected chi connectivity index (χ3v) is 5.75. The molecule has 0 bridgehead atoms. The quantitative estimate of drug-likeness (QED) is 0.548. The molecule has 0 saturated heterocycles. The number of unbranched alkanes of at least 4 members (excludes halogenated alkanes) is 1. The van der Waals surface area contributed by atoms with Crippen LogP contribution in [0.25, 0.3) is 0 Å². The van der Waals surface area contributed by atoms with Crippen molar-refractivity contribution < 1.29 is 4.79 Å². The van der Waals surface area contributed by atoms with E-state index in [1.807, 2.05) is 0 Å². The highest BCUT2D eigenvalue weighted by atomic mass is 32.2. The highest BCUT2D eigenvalue weighted by Gasteiger charge is 2.22. The van der Waals surface area contributed by atoms with Crippen LogP contribution in [0.4, 0.5) is 5.13 Å². The molecule has 0 spiro atoms. The van der Waals surface area contributed by atoms with Gasteiger partial charge in [0.25, 0.3) is 0 Å². The summed E-state index contributed by atoms with van der Waals surface area (Å²) in [6.07, 6.45) is 6.78. The fraction of sp³-hybridized carbons (Fsp3) is 0.786. The molecule has 1 aliphatic carbocycles. The van der Waals surface area contributed by atoms with E-state index < -0.39 is 0 Å². The summed E-state index contributed by atoms with van der Waals surface area (Å²) < 4.78 is 0.966. The van der Waals surface area contributed by atoms with Gasteiger partial charge in [-0.05, 0) is 31.6 Å². The van der Waals surface area contributed by atoms with Crippen LogP contribution >= 0.6 is 23.1 Å². The van der Waals surface area contributed by atoms with E-state index in [4.69, 9.17) is 0 Å². The van der Waals surface area contributed by atoms with Gasteiger partial charge in [-0.1, -0.05) is 49.8 Å². The number of nitrogens with zero attached hydrogens (tertiary/aromatic N) is 2. The van der Waals surface area contributed by atoms with E-state index in [0.717, 1.165) is 41.7 Å². The van der Waals surface area contributed by atoms with Crippen LogP contribution in [0.5, 0.6) is 0 Å². The summed E-state index contributed by atoms with van der Waals surface area (Å²) in [7, 11) is 0. The molecule has 20 heavy (non-hydrogen) atoms. The minimum atomic E-state index is 0.0934. The first-order chi connectivity index (χ1) is 9.72. The van der Waals surface area contributed by atoms with E-state index in [2.05, 4.69) is 29.4 Å². The minimum Gasteiger partial charge on any atom is -0.300 e. The lowest BCUT2D eigenvalue weighted by Gasteiger charge is -2.12. The van der Waals surface area contributed by atoms with Crippen molar-refractivity contribution in [1.82, 2.24) is 10.2 Å². The van der Waals surface area contributed by atoms with Crippen molar-refractivity contribution in [2.24, 2.45) is 11.8 Å². The van der Waals surface area contributed by atoms with Gasteiger partial charge < -0.3 is 5.32 Å². The first-order valence-corrected chi connectivity index (χ1v) is 9.30. The zero-order chi connectivity index (χ0) is 14.4. The molecule has 4 nitrogen and oxygen atoms in total. The van der Waals surface area contributed by atoms with Crippen molar-refractivity contribution in [1.29, 1.82) is 0 Å². The highest BCUT2D eigenvalue weighted by Crippen LogP contribution is 2.36. The summed E-state index contributed by atoms with van der Waals surface area (Å²) in [6.45, 7) is 4.22. The first-order valence-electron chi connectivity index (χ1n) is 7.50. The van der Waals surface area contributed by atoms with Crippen LogP contribution in [-0.4, -0.2) is 21.9 Å². The van der Waals surface area contributed by atoms with Gasteiger partial charge in [0.05, 0.1) is 0 Å². The summed E-state index contributed by atoms with van der Waals surface area (Å²) in [5.41, 5.74) is 0. The van der Waals surface area contributed by atoms with Gasteiger partial charge in [-0.15, -0.1) is 10.2 Å². The van der Waals surface area contributed by atoms with Gasteiger partial charge >= 0.3 is 0 Å². The monoisotopic (exact) mass is 313 g/mol. The Morgan fingerprint density at radius 1 is 1.45 bits per heavy atom. The van der Waals surface area contributed by atoms with Crippen molar-refractivity contribution in [3.05, 3.63) is 0 Å². The third-order valence-electron chi connectivity index (χ3n) is 3.55. The fourth-order valence-corrected chi connectivity index (χ4v) is 3.94. The highest BCUT2D eigenvalue weighted by molar-refractivity contribution is 8.01. The average molecular weight is 313 g/mol. The van der Waals surface area contributed by atoms with Crippen LogP contribution in [0.1, 0.15) is 52.4 Å². The lowest BCUT2D eigenvalue weighted by atomic mass is 9.99. The van der Waals surface area contributed by atoms with Gasteiger partial charge in [0.2, 0.25) is 11.0 Å². The number of amides is 1. The third kappa shape index (κ3) is 5.05. The molecule has 1 heterocycles. The van der Waals surface area contributed by atoms with Gasteiger partial charge in [-0.2, -0.15) is 0 Å². The number of anilines is 1. The molecule has 6 heteroatoms. The number of hydrogen-bond donors (Lipinski definition) is 1.